The van der Waals surface area contributed by atoms with Crippen LogP contribution in [0.3, 0.4) is 0 Å². The Morgan fingerprint density at radius 2 is 2.00 bits per heavy atom. The zero-order valence-electron chi connectivity index (χ0n) is 11.9. The van der Waals surface area contributed by atoms with Gasteiger partial charge in [0.15, 0.2) is 0 Å². The Balaban J connectivity index is 2.39. The summed E-state index contributed by atoms with van der Waals surface area (Å²) in [7, 11) is 0. The van der Waals surface area contributed by atoms with Crippen LogP contribution in [-0.2, 0) is 4.74 Å². The predicted molar refractivity (Wildman–Crippen MR) is 97.1 cm³/mol. The van der Waals surface area contributed by atoms with Gasteiger partial charge in [-0.3, -0.25) is 0 Å². The Labute approximate surface area is 146 Å². The maximum absolute atomic E-state index is 12.2. The lowest BCUT2D eigenvalue weighted by atomic mass is 10.2. The van der Waals surface area contributed by atoms with Gasteiger partial charge in [0.25, 0.3) is 0 Å². The fourth-order valence-corrected chi connectivity index (χ4v) is 3.68. The Kier molecular flexibility index (Phi) is 4.85. The number of hydrogen-bond donors (Lipinski definition) is 1. The highest BCUT2D eigenvalue weighted by Gasteiger charge is 2.22. The lowest BCUT2D eigenvalue weighted by Crippen LogP contribution is -2.23. The average molecular weight is 436 g/mol. The second kappa shape index (κ2) is 6.14. The van der Waals surface area contributed by atoms with Crippen LogP contribution in [0.15, 0.2) is 24.3 Å². The zero-order valence-corrected chi connectivity index (χ0v) is 15.6. The van der Waals surface area contributed by atoms with Crippen molar-refractivity contribution in [1.29, 1.82) is 0 Å². The lowest BCUT2D eigenvalue weighted by Gasteiger charge is -2.18. The van der Waals surface area contributed by atoms with Gasteiger partial charge in [0.05, 0.1) is 5.69 Å². The number of halogens is 2. The van der Waals surface area contributed by atoms with Gasteiger partial charge in [0, 0.05) is 19.0 Å². The summed E-state index contributed by atoms with van der Waals surface area (Å²) in [5.74, 6) is -0.395. The van der Waals surface area contributed by atoms with Gasteiger partial charge >= 0.3 is 5.97 Å². The molecule has 1 aromatic heterocycles. The summed E-state index contributed by atoms with van der Waals surface area (Å²) in [5, 5.41) is 0.649. The van der Waals surface area contributed by atoms with E-state index in [1.54, 1.807) is 6.07 Å². The van der Waals surface area contributed by atoms with Crippen molar-refractivity contribution in [2.45, 2.75) is 26.4 Å². The molecule has 0 aliphatic heterocycles. The second-order valence-electron chi connectivity index (χ2n) is 5.52. The molecule has 1 heterocycles. The molecule has 112 valence electrons. The second-order valence-corrected chi connectivity index (χ2v) is 8.17. The molecule has 0 fully saturated rings. The molecule has 0 aliphatic carbocycles. The fraction of sp³-hybridized carbons (Fsp3) is 0.267. The Morgan fingerprint density at radius 3 is 2.62 bits per heavy atom. The van der Waals surface area contributed by atoms with Crippen molar-refractivity contribution >= 4 is 57.2 Å². The van der Waals surface area contributed by atoms with Gasteiger partial charge in [-0.2, -0.15) is 0 Å². The van der Waals surface area contributed by atoms with E-state index < -0.39 is 11.6 Å². The van der Waals surface area contributed by atoms with Crippen molar-refractivity contribution in [3.05, 3.63) is 37.7 Å². The molecule has 0 radical (unpaired) electrons. The van der Waals surface area contributed by atoms with E-state index in [0.717, 1.165) is 14.0 Å². The molecule has 0 bridgehead atoms. The van der Waals surface area contributed by atoms with E-state index >= 15 is 0 Å². The van der Waals surface area contributed by atoms with E-state index in [4.69, 9.17) is 22.1 Å². The van der Waals surface area contributed by atoms with Crippen molar-refractivity contribution in [3.63, 3.8) is 0 Å². The smallest absolute Gasteiger partial charge is 0.350 e. The van der Waals surface area contributed by atoms with Crippen molar-refractivity contribution in [3.8, 4) is 10.4 Å². The normalized spacial score (nSPS) is 11.5. The Bertz CT molecular complexity index is 691. The molecule has 0 saturated carbocycles. The molecule has 2 rings (SSSR count). The maximum Gasteiger partial charge on any atom is 0.350 e. The summed E-state index contributed by atoms with van der Waals surface area (Å²) in [6, 6.07) is 7.42. The lowest BCUT2D eigenvalue weighted by molar-refractivity contribution is 0.00764. The summed E-state index contributed by atoms with van der Waals surface area (Å²) in [5.41, 5.74) is 6.82. The number of rotatable bonds is 2. The Morgan fingerprint density at radius 1 is 1.33 bits per heavy atom. The monoisotopic (exact) mass is 435 g/mol. The molecule has 0 aliphatic rings. The number of nitrogen functional groups attached to an aromatic ring is 1. The van der Waals surface area contributed by atoms with E-state index in [2.05, 4.69) is 22.6 Å². The highest BCUT2D eigenvalue weighted by molar-refractivity contribution is 14.1. The van der Waals surface area contributed by atoms with E-state index in [0.29, 0.717) is 15.6 Å². The van der Waals surface area contributed by atoms with Crippen molar-refractivity contribution in [1.82, 2.24) is 0 Å². The first-order chi connectivity index (χ1) is 9.67. The van der Waals surface area contributed by atoms with Gasteiger partial charge in [-0.25, -0.2) is 4.79 Å². The van der Waals surface area contributed by atoms with Crippen LogP contribution in [0.2, 0.25) is 5.02 Å². The minimum absolute atomic E-state index is 0.395. The Hall–Kier alpha value is -0.790. The molecule has 2 aromatic rings. The van der Waals surface area contributed by atoms with E-state index in [1.165, 1.54) is 11.3 Å². The molecule has 0 saturated heterocycles. The molecule has 1 aromatic carbocycles. The highest BCUT2D eigenvalue weighted by Crippen LogP contribution is 2.37. The van der Waals surface area contributed by atoms with Crippen LogP contribution in [-0.4, -0.2) is 11.6 Å². The van der Waals surface area contributed by atoms with Crippen LogP contribution in [0, 0.1) is 3.57 Å². The number of ether oxygens (including phenoxy) is 1. The third kappa shape index (κ3) is 4.11. The zero-order chi connectivity index (χ0) is 15.8. The summed E-state index contributed by atoms with van der Waals surface area (Å²) in [6.45, 7) is 5.49. The molecule has 0 atom stereocenters. The minimum Gasteiger partial charge on any atom is -0.456 e. The summed E-state index contributed by atoms with van der Waals surface area (Å²) >= 11 is 9.59. The number of anilines is 1. The molecule has 0 spiro atoms. The van der Waals surface area contributed by atoms with Gasteiger partial charge in [0.1, 0.15) is 10.5 Å². The number of benzene rings is 1. The number of esters is 1. The van der Waals surface area contributed by atoms with Crippen LogP contribution in [0.5, 0.6) is 0 Å². The van der Waals surface area contributed by atoms with Gasteiger partial charge < -0.3 is 10.5 Å². The SMILES string of the molecule is CC(C)(C)OC(=O)c1sc(-c2cc(Cl)ccc2I)cc1N. The third-order valence-corrected chi connectivity index (χ3v) is 4.88. The highest BCUT2D eigenvalue weighted by atomic mass is 127. The standard InChI is InChI=1S/C15H15ClINO2S/c1-15(2,3)20-14(19)13-11(18)7-12(21-13)9-6-8(16)4-5-10(9)17/h4-7H,18H2,1-3H3. The maximum atomic E-state index is 12.2. The van der Waals surface area contributed by atoms with Crippen LogP contribution in [0.1, 0.15) is 30.4 Å². The van der Waals surface area contributed by atoms with Gasteiger partial charge in [0.2, 0.25) is 0 Å². The molecule has 0 unspecified atom stereocenters. The quantitative estimate of drug-likeness (QED) is 0.520. The largest absolute Gasteiger partial charge is 0.456 e. The van der Waals surface area contributed by atoms with Crippen LogP contribution < -0.4 is 5.73 Å². The van der Waals surface area contributed by atoms with E-state index in [9.17, 15) is 4.79 Å². The molecule has 6 heteroatoms. The van der Waals surface area contributed by atoms with Crippen molar-refractivity contribution in [2.75, 3.05) is 5.73 Å². The molecule has 2 N–H and O–H groups in total. The number of nitrogens with two attached hydrogens (primary N) is 1. The molecule has 21 heavy (non-hydrogen) atoms. The fourth-order valence-electron chi connectivity index (χ4n) is 1.71. The number of thiophene rings is 1. The summed E-state index contributed by atoms with van der Waals surface area (Å²) < 4.78 is 6.42. The van der Waals surface area contributed by atoms with Crippen LogP contribution in [0.4, 0.5) is 5.69 Å². The molecular formula is C15H15ClINO2S. The molecule has 3 nitrogen and oxygen atoms in total. The number of carbonyl (C=O) groups excluding carboxylic acids is 1. The van der Waals surface area contributed by atoms with Crippen LogP contribution in [0.25, 0.3) is 10.4 Å². The van der Waals surface area contributed by atoms with E-state index in [-0.39, 0.29) is 0 Å². The summed E-state index contributed by atoms with van der Waals surface area (Å²) in [4.78, 5) is 13.5. The van der Waals surface area contributed by atoms with Gasteiger partial charge in [-0.05, 0) is 67.6 Å². The van der Waals surface area contributed by atoms with Crippen molar-refractivity contribution < 1.29 is 9.53 Å². The first kappa shape index (κ1) is 16.6. The topological polar surface area (TPSA) is 52.3 Å². The number of hydrogen-bond acceptors (Lipinski definition) is 4. The average Bonchev–Trinajstić information content (AvgIpc) is 2.72. The first-order valence-corrected chi connectivity index (χ1v) is 8.53. The van der Waals surface area contributed by atoms with Gasteiger partial charge in [-0.1, -0.05) is 11.6 Å². The third-order valence-electron chi connectivity index (χ3n) is 2.54. The molecular weight excluding hydrogens is 421 g/mol. The number of carbonyl (C=O) groups is 1. The minimum atomic E-state index is -0.543. The van der Waals surface area contributed by atoms with E-state index in [1.807, 2.05) is 39.0 Å². The predicted octanol–water partition coefficient (Wildman–Crippen LogP) is 5.21. The molecule has 0 amide bonds. The van der Waals surface area contributed by atoms with Crippen LogP contribution >= 0.6 is 45.5 Å². The summed E-state index contributed by atoms with van der Waals surface area (Å²) in [6.07, 6.45) is 0. The van der Waals surface area contributed by atoms with Crippen molar-refractivity contribution in [2.24, 2.45) is 0 Å². The van der Waals surface area contributed by atoms with Gasteiger partial charge in [-0.15, -0.1) is 11.3 Å². The first-order valence-electron chi connectivity index (χ1n) is 6.25.